The number of aryl methyl sites for hydroxylation is 1. The predicted molar refractivity (Wildman–Crippen MR) is 138 cm³/mol. The zero-order valence-electron chi connectivity index (χ0n) is 20.3. The van der Waals surface area contributed by atoms with Crippen molar-refractivity contribution in [2.24, 2.45) is 0 Å². The highest BCUT2D eigenvalue weighted by atomic mass is 35.5. The number of nitrogens with zero attached hydrogens (tertiary/aromatic N) is 6. The molecule has 0 radical (unpaired) electrons. The summed E-state index contributed by atoms with van der Waals surface area (Å²) in [6, 6.07) is 4.66. The quantitative estimate of drug-likeness (QED) is 0.516. The van der Waals surface area contributed by atoms with Crippen LogP contribution in [0.1, 0.15) is 32.0 Å². The summed E-state index contributed by atoms with van der Waals surface area (Å²) in [5, 5.41) is 12.9. The SMILES string of the molecule is CCc1n[nH]c2ncnc(N3CCN(c4cc(Cl)cc(NCCN(C)C(C)C)c4C)CC3)c12. The number of benzene rings is 1. The van der Waals surface area contributed by atoms with Gasteiger partial charge in [0.25, 0.3) is 0 Å². The normalized spacial score (nSPS) is 14.7. The first-order valence-electron chi connectivity index (χ1n) is 11.8. The van der Waals surface area contributed by atoms with Gasteiger partial charge >= 0.3 is 0 Å². The molecule has 0 amide bonds. The molecule has 0 bridgehead atoms. The first kappa shape index (κ1) is 23.6. The second-order valence-corrected chi connectivity index (χ2v) is 9.45. The fourth-order valence-electron chi connectivity index (χ4n) is 4.36. The van der Waals surface area contributed by atoms with Gasteiger partial charge in [0, 0.05) is 61.7 Å². The molecule has 178 valence electrons. The summed E-state index contributed by atoms with van der Waals surface area (Å²) in [5.74, 6) is 0.977. The number of rotatable bonds is 8. The number of nitrogens with one attached hydrogen (secondary N) is 2. The molecule has 1 aliphatic heterocycles. The zero-order valence-corrected chi connectivity index (χ0v) is 21.1. The van der Waals surface area contributed by atoms with Gasteiger partial charge < -0.3 is 20.0 Å². The van der Waals surface area contributed by atoms with E-state index in [4.69, 9.17) is 11.6 Å². The maximum absolute atomic E-state index is 6.53. The van der Waals surface area contributed by atoms with Crippen molar-refractivity contribution in [1.82, 2.24) is 25.1 Å². The molecule has 3 aromatic rings. The Labute approximate surface area is 201 Å². The van der Waals surface area contributed by atoms with E-state index in [1.54, 1.807) is 6.33 Å². The van der Waals surface area contributed by atoms with Crippen molar-refractivity contribution in [3.05, 3.63) is 34.7 Å². The predicted octanol–water partition coefficient (Wildman–Crippen LogP) is 3.96. The highest BCUT2D eigenvalue weighted by molar-refractivity contribution is 6.31. The van der Waals surface area contributed by atoms with E-state index >= 15 is 0 Å². The maximum atomic E-state index is 6.53. The van der Waals surface area contributed by atoms with E-state index in [0.29, 0.717) is 6.04 Å². The summed E-state index contributed by atoms with van der Waals surface area (Å²) in [5.41, 5.74) is 5.39. The Morgan fingerprint density at radius 2 is 1.88 bits per heavy atom. The standard InChI is InChI=1S/C24H35ClN8/c1-6-19-22-23(30-29-19)27-15-28-24(22)33-11-9-32(10-12-33)21-14-18(25)13-20(17(21)4)26-7-8-31(5)16(2)3/h13-16,26H,6-12H2,1-5H3,(H,27,28,29,30). The van der Waals surface area contributed by atoms with Crippen LogP contribution >= 0.6 is 11.6 Å². The molecular formula is C24H35ClN8. The summed E-state index contributed by atoms with van der Waals surface area (Å²) in [6.45, 7) is 14.2. The second kappa shape index (κ2) is 10.1. The third-order valence-electron chi connectivity index (χ3n) is 6.67. The van der Waals surface area contributed by atoms with E-state index in [2.05, 4.69) is 81.0 Å². The average Bonchev–Trinajstić information content (AvgIpc) is 3.24. The molecule has 8 nitrogen and oxygen atoms in total. The van der Waals surface area contributed by atoms with Crippen LogP contribution in [-0.4, -0.2) is 77.4 Å². The molecule has 0 saturated carbocycles. The molecule has 1 saturated heterocycles. The second-order valence-electron chi connectivity index (χ2n) is 9.02. The zero-order chi connectivity index (χ0) is 23.5. The number of anilines is 3. The molecule has 3 heterocycles. The molecule has 0 aliphatic carbocycles. The fourth-order valence-corrected chi connectivity index (χ4v) is 4.57. The Kier molecular flexibility index (Phi) is 7.24. The van der Waals surface area contributed by atoms with Gasteiger partial charge in [-0.05, 0) is 51.9 Å². The number of hydrogen-bond donors (Lipinski definition) is 2. The Balaban J connectivity index is 1.47. The van der Waals surface area contributed by atoms with Gasteiger partial charge in [-0.3, -0.25) is 5.10 Å². The summed E-state index contributed by atoms with van der Waals surface area (Å²) in [6.07, 6.45) is 2.47. The number of piperazine rings is 1. The number of fused-ring (bicyclic) bond motifs is 1. The lowest BCUT2D eigenvalue weighted by molar-refractivity contribution is 0.284. The van der Waals surface area contributed by atoms with Gasteiger partial charge in [0.2, 0.25) is 0 Å². The monoisotopic (exact) mass is 470 g/mol. The number of H-pyrrole nitrogens is 1. The molecule has 4 rings (SSSR count). The molecule has 1 aromatic carbocycles. The van der Waals surface area contributed by atoms with Crippen molar-refractivity contribution in [1.29, 1.82) is 0 Å². The van der Waals surface area contributed by atoms with Gasteiger partial charge in [-0.2, -0.15) is 5.10 Å². The van der Waals surface area contributed by atoms with Crippen molar-refractivity contribution in [2.45, 2.75) is 40.2 Å². The molecule has 33 heavy (non-hydrogen) atoms. The van der Waals surface area contributed by atoms with Crippen molar-refractivity contribution in [3.63, 3.8) is 0 Å². The molecule has 1 aliphatic rings. The molecule has 1 fully saturated rings. The van der Waals surface area contributed by atoms with Gasteiger partial charge in [-0.25, -0.2) is 9.97 Å². The molecule has 2 N–H and O–H groups in total. The Morgan fingerprint density at radius 1 is 1.15 bits per heavy atom. The van der Waals surface area contributed by atoms with E-state index in [1.807, 2.05) is 6.07 Å². The lowest BCUT2D eigenvalue weighted by atomic mass is 10.1. The van der Waals surface area contributed by atoms with E-state index in [9.17, 15) is 0 Å². The fraction of sp³-hybridized carbons (Fsp3) is 0.542. The van der Waals surface area contributed by atoms with Gasteiger partial charge in [0.1, 0.15) is 12.1 Å². The number of hydrogen-bond acceptors (Lipinski definition) is 7. The van der Waals surface area contributed by atoms with E-state index in [-0.39, 0.29) is 0 Å². The lowest BCUT2D eigenvalue weighted by Gasteiger charge is -2.38. The third-order valence-corrected chi connectivity index (χ3v) is 6.89. The van der Waals surface area contributed by atoms with Crippen LogP contribution in [0.2, 0.25) is 5.02 Å². The largest absolute Gasteiger partial charge is 0.383 e. The highest BCUT2D eigenvalue weighted by Crippen LogP contribution is 2.33. The molecule has 2 aromatic heterocycles. The van der Waals surface area contributed by atoms with Gasteiger partial charge in [0.05, 0.1) is 11.1 Å². The average molecular weight is 471 g/mol. The first-order chi connectivity index (χ1) is 15.9. The van der Waals surface area contributed by atoms with E-state index in [0.717, 1.165) is 78.9 Å². The summed E-state index contributed by atoms with van der Waals surface area (Å²) in [4.78, 5) is 16.1. The first-order valence-corrected chi connectivity index (χ1v) is 12.2. The minimum Gasteiger partial charge on any atom is -0.383 e. The van der Waals surface area contributed by atoms with E-state index in [1.165, 1.54) is 11.3 Å². The van der Waals surface area contributed by atoms with Gasteiger partial charge in [-0.15, -0.1) is 0 Å². The smallest absolute Gasteiger partial charge is 0.160 e. The summed E-state index contributed by atoms with van der Waals surface area (Å²) < 4.78 is 0. The third kappa shape index (κ3) is 5.01. The van der Waals surface area contributed by atoms with Gasteiger partial charge in [0.15, 0.2) is 5.65 Å². The van der Waals surface area contributed by atoms with Crippen LogP contribution in [0.15, 0.2) is 18.5 Å². The number of aromatic nitrogens is 4. The van der Waals surface area contributed by atoms with Crippen LogP contribution in [0.3, 0.4) is 0 Å². The van der Waals surface area contributed by atoms with Crippen LogP contribution in [0.4, 0.5) is 17.2 Å². The number of halogens is 1. The Bertz CT molecular complexity index is 1090. The molecular weight excluding hydrogens is 436 g/mol. The Morgan fingerprint density at radius 3 is 2.58 bits per heavy atom. The van der Waals surface area contributed by atoms with Crippen molar-refractivity contribution < 1.29 is 0 Å². The minimum absolute atomic E-state index is 0.533. The van der Waals surface area contributed by atoms with Crippen molar-refractivity contribution >= 4 is 39.8 Å². The minimum atomic E-state index is 0.533. The lowest BCUT2D eigenvalue weighted by Crippen LogP contribution is -2.47. The molecule has 0 atom stereocenters. The van der Waals surface area contributed by atoms with Crippen LogP contribution in [0.25, 0.3) is 11.0 Å². The maximum Gasteiger partial charge on any atom is 0.160 e. The van der Waals surface area contributed by atoms with E-state index < -0.39 is 0 Å². The summed E-state index contributed by atoms with van der Waals surface area (Å²) >= 11 is 6.53. The van der Waals surface area contributed by atoms with Gasteiger partial charge in [-0.1, -0.05) is 18.5 Å². The molecule has 0 unspecified atom stereocenters. The highest BCUT2D eigenvalue weighted by Gasteiger charge is 2.24. The Hall–Kier alpha value is -2.58. The van der Waals surface area contributed by atoms with Crippen LogP contribution < -0.4 is 15.1 Å². The van der Waals surface area contributed by atoms with Crippen molar-refractivity contribution in [3.8, 4) is 0 Å². The summed E-state index contributed by atoms with van der Waals surface area (Å²) in [7, 11) is 2.15. The number of likely N-dealkylation sites (N-methyl/N-ethyl adjacent to an activating group) is 1. The topological polar surface area (TPSA) is 76.2 Å². The van der Waals surface area contributed by atoms with Crippen molar-refractivity contribution in [2.75, 3.05) is 61.4 Å². The molecule has 9 heteroatoms. The van der Waals surface area contributed by atoms with Crippen LogP contribution in [-0.2, 0) is 6.42 Å². The number of aromatic amines is 1. The van der Waals surface area contributed by atoms with Crippen LogP contribution in [0.5, 0.6) is 0 Å². The van der Waals surface area contributed by atoms with Crippen LogP contribution in [0, 0.1) is 6.92 Å². The molecule has 0 spiro atoms.